The van der Waals surface area contributed by atoms with Gasteiger partial charge < -0.3 is 5.32 Å². The Morgan fingerprint density at radius 1 is 1.43 bits per heavy atom. The third kappa shape index (κ3) is 4.28. The van der Waals surface area contributed by atoms with Crippen LogP contribution in [0.1, 0.15) is 25.1 Å². The minimum absolute atomic E-state index is 0.0592. The van der Waals surface area contributed by atoms with Gasteiger partial charge in [0.05, 0.1) is 11.7 Å². The van der Waals surface area contributed by atoms with Crippen LogP contribution in [0.5, 0.6) is 0 Å². The molecule has 1 atom stereocenters. The highest BCUT2D eigenvalue weighted by Gasteiger charge is 2.20. The van der Waals surface area contributed by atoms with E-state index >= 15 is 0 Å². The first-order valence-electron chi connectivity index (χ1n) is 6.79. The number of hydrogen-bond acceptors (Lipinski definition) is 4. The fraction of sp³-hybridized carbons (Fsp3) is 0.429. The maximum Gasteiger partial charge on any atom is 0.153 e. The van der Waals surface area contributed by atoms with Gasteiger partial charge in [0.25, 0.3) is 0 Å². The molecule has 0 aliphatic rings. The largest absolute Gasteiger partial charge is 0.308 e. The first kappa shape index (κ1) is 16.5. The molecule has 1 aromatic heterocycles. The van der Waals surface area contributed by atoms with Gasteiger partial charge in [-0.3, -0.25) is 0 Å². The van der Waals surface area contributed by atoms with Crippen molar-refractivity contribution in [3.63, 3.8) is 0 Å². The first-order valence-corrected chi connectivity index (χ1v) is 8.57. The molecule has 0 saturated carbocycles. The van der Waals surface area contributed by atoms with Crippen LogP contribution < -0.4 is 5.32 Å². The summed E-state index contributed by atoms with van der Waals surface area (Å²) in [6.07, 6.45) is 1.03. The molecule has 0 amide bonds. The summed E-state index contributed by atoms with van der Waals surface area (Å²) in [7, 11) is 1.86. The highest BCUT2D eigenvalue weighted by molar-refractivity contribution is 9.10. The van der Waals surface area contributed by atoms with Gasteiger partial charge in [0, 0.05) is 17.7 Å². The lowest BCUT2D eigenvalue weighted by Crippen LogP contribution is -2.26. The fourth-order valence-electron chi connectivity index (χ4n) is 2.00. The zero-order valence-corrected chi connectivity index (χ0v) is 14.4. The average molecular weight is 373 g/mol. The molecule has 114 valence electrons. The first-order chi connectivity index (χ1) is 10.1. The minimum atomic E-state index is -0.182. The van der Waals surface area contributed by atoms with Gasteiger partial charge in [-0.2, -0.15) is 0 Å². The third-order valence-corrected chi connectivity index (χ3v) is 4.75. The standard InChI is InChI=1S/C14H18BrFN4S/c1-3-8-17-11(13-14(15)18-19-20(13)2)9-21-12-7-5-4-6-10(12)16/h4-7,11,17H,3,8-9H2,1-2H3. The molecule has 0 aliphatic carbocycles. The molecule has 0 radical (unpaired) electrons. The molecular formula is C14H18BrFN4S. The number of aryl methyl sites for hydroxylation is 1. The normalized spacial score (nSPS) is 12.6. The highest BCUT2D eigenvalue weighted by Crippen LogP contribution is 2.29. The van der Waals surface area contributed by atoms with E-state index in [2.05, 4.69) is 38.5 Å². The molecule has 0 aliphatic heterocycles. The summed E-state index contributed by atoms with van der Waals surface area (Å²) >= 11 is 4.93. The Labute approximate surface area is 136 Å². The van der Waals surface area contributed by atoms with Crippen LogP contribution in [0.15, 0.2) is 33.8 Å². The van der Waals surface area contributed by atoms with Gasteiger partial charge in [-0.15, -0.1) is 16.9 Å². The van der Waals surface area contributed by atoms with Crippen LogP contribution in [-0.2, 0) is 7.05 Å². The molecule has 0 fully saturated rings. The summed E-state index contributed by atoms with van der Waals surface area (Å²) in [4.78, 5) is 0.659. The topological polar surface area (TPSA) is 42.7 Å². The maximum atomic E-state index is 13.7. The summed E-state index contributed by atoms with van der Waals surface area (Å²) in [6, 6.07) is 6.89. The van der Waals surface area contributed by atoms with Crippen molar-refractivity contribution in [2.75, 3.05) is 12.3 Å². The van der Waals surface area contributed by atoms with Crippen LogP contribution >= 0.6 is 27.7 Å². The van der Waals surface area contributed by atoms with Gasteiger partial charge in [-0.25, -0.2) is 9.07 Å². The molecule has 2 rings (SSSR count). The van der Waals surface area contributed by atoms with Crippen LogP contribution in [0.4, 0.5) is 4.39 Å². The molecule has 0 spiro atoms. The van der Waals surface area contributed by atoms with E-state index in [-0.39, 0.29) is 11.9 Å². The van der Waals surface area contributed by atoms with E-state index in [0.29, 0.717) is 10.6 Å². The molecule has 0 bridgehead atoms. The lowest BCUT2D eigenvalue weighted by molar-refractivity contribution is 0.531. The Morgan fingerprint density at radius 2 is 2.19 bits per heavy atom. The number of benzene rings is 1. The summed E-state index contributed by atoms with van der Waals surface area (Å²) in [6.45, 7) is 3.00. The lowest BCUT2D eigenvalue weighted by atomic mass is 10.2. The molecule has 4 nitrogen and oxygen atoms in total. The van der Waals surface area contributed by atoms with Gasteiger partial charge >= 0.3 is 0 Å². The van der Waals surface area contributed by atoms with Crippen LogP contribution in [0.2, 0.25) is 0 Å². The molecule has 1 aromatic carbocycles. The van der Waals surface area contributed by atoms with Gasteiger partial charge in [0.1, 0.15) is 5.82 Å². The van der Waals surface area contributed by atoms with Crippen molar-refractivity contribution in [2.24, 2.45) is 7.05 Å². The van der Waals surface area contributed by atoms with Crippen molar-refractivity contribution in [1.82, 2.24) is 20.3 Å². The number of halogens is 2. The summed E-state index contributed by atoms with van der Waals surface area (Å²) in [5, 5.41) is 11.5. The molecule has 21 heavy (non-hydrogen) atoms. The minimum Gasteiger partial charge on any atom is -0.308 e. The Bertz CT molecular complexity index is 571. The van der Waals surface area contributed by atoms with Crippen LogP contribution in [0.25, 0.3) is 0 Å². The molecule has 7 heteroatoms. The predicted octanol–water partition coefficient (Wildman–Crippen LogP) is 3.55. The number of nitrogens with one attached hydrogen (secondary N) is 1. The molecule has 1 N–H and O–H groups in total. The van der Waals surface area contributed by atoms with E-state index in [4.69, 9.17) is 0 Å². The van der Waals surface area contributed by atoms with Crippen molar-refractivity contribution >= 4 is 27.7 Å². The van der Waals surface area contributed by atoms with Gasteiger partial charge in [0.15, 0.2) is 4.60 Å². The summed E-state index contributed by atoms with van der Waals surface area (Å²) < 4.78 is 16.2. The molecular weight excluding hydrogens is 355 g/mol. The number of thioether (sulfide) groups is 1. The summed E-state index contributed by atoms with van der Waals surface area (Å²) in [5.41, 5.74) is 0.979. The Morgan fingerprint density at radius 3 is 2.81 bits per heavy atom. The van der Waals surface area contributed by atoms with E-state index < -0.39 is 0 Å². The second kappa shape index (κ2) is 7.91. The number of aromatic nitrogens is 3. The quantitative estimate of drug-likeness (QED) is 0.754. The number of nitrogens with zero attached hydrogens (tertiary/aromatic N) is 3. The lowest BCUT2D eigenvalue weighted by Gasteiger charge is -2.18. The zero-order chi connectivity index (χ0) is 15.2. The molecule has 0 saturated heterocycles. The van der Waals surface area contributed by atoms with Crippen LogP contribution in [0.3, 0.4) is 0 Å². The highest BCUT2D eigenvalue weighted by atomic mass is 79.9. The molecule has 1 unspecified atom stereocenters. The van der Waals surface area contributed by atoms with E-state index in [1.165, 1.54) is 17.8 Å². The monoisotopic (exact) mass is 372 g/mol. The van der Waals surface area contributed by atoms with Gasteiger partial charge in [-0.1, -0.05) is 24.3 Å². The number of hydrogen-bond donors (Lipinski definition) is 1. The molecule has 1 heterocycles. The fourth-order valence-corrected chi connectivity index (χ4v) is 3.60. The van der Waals surface area contributed by atoms with Gasteiger partial charge in [0.2, 0.25) is 0 Å². The van der Waals surface area contributed by atoms with Crippen LogP contribution in [-0.4, -0.2) is 27.3 Å². The van der Waals surface area contributed by atoms with E-state index in [1.54, 1.807) is 16.8 Å². The maximum absolute atomic E-state index is 13.7. The third-order valence-electron chi connectivity index (χ3n) is 3.04. The number of rotatable bonds is 7. The van der Waals surface area contributed by atoms with E-state index in [1.807, 2.05) is 13.1 Å². The van der Waals surface area contributed by atoms with Crippen molar-refractivity contribution in [3.8, 4) is 0 Å². The zero-order valence-electron chi connectivity index (χ0n) is 12.0. The molecule has 2 aromatic rings. The van der Waals surface area contributed by atoms with Crippen molar-refractivity contribution in [1.29, 1.82) is 0 Å². The van der Waals surface area contributed by atoms with E-state index in [0.717, 1.165) is 23.3 Å². The SMILES string of the molecule is CCCNC(CSc1ccccc1F)c1c(Br)nnn1C. The summed E-state index contributed by atoms with van der Waals surface area (Å²) in [5.74, 6) is 0.528. The average Bonchev–Trinajstić information content (AvgIpc) is 2.81. The second-order valence-corrected chi connectivity index (χ2v) is 6.45. The van der Waals surface area contributed by atoms with Crippen LogP contribution in [0, 0.1) is 5.82 Å². The Balaban J connectivity index is 2.12. The smallest absolute Gasteiger partial charge is 0.153 e. The van der Waals surface area contributed by atoms with Crippen molar-refractivity contribution < 1.29 is 4.39 Å². The van der Waals surface area contributed by atoms with Gasteiger partial charge in [-0.05, 0) is 41.0 Å². The Kier molecular flexibility index (Phi) is 6.20. The van der Waals surface area contributed by atoms with Crippen molar-refractivity contribution in [2.45, 2.75) is 24.3 Å². The second-order valence-electron chi connectivity index (χ2n) is 4.64. The van der Waals surface area contributed by atoms with Crippen molar-refractivity contribution in [3.05, 3.63) is 40.4 Å². The predicted molar refractivity (Wildman–Crippen MR) is 86.9 cm³/mol. The Hall–Kier alpha value is -0.920. The van der Waals surface area contributed by atoms with E-state index in [9.17, 15) is 4.39 Å².